The Hall–Kier alpha value is -2.63. The van der Waals surface area contributed by atoms with Crippen LogP contribution in [-0.2, 0) is 4.79 Å². The van der Waals surface area contributed by atoms with Crippen LogP contribution >= 0.6 is 0 Å². The van der Waals surface area contributed by atoms with Gasteiger partial charge >= 0.3 is 5.97 Å². The molecule has 0 saturated carbocycles. The van der Waals surface area contributed by atoms with Gasteiger partial charge in [0.05, 0.1) is 5.39 Å². The van der Waals surface area contributed by atoms with Gasteiger partial charge in [-0.15, -0.1) is 0 Å². The van der Waals surface area contributed by atoms with Crippen LogP contribution in [0.25, 0.3) is 11.0 Å². The highest BCUT2D eigenvalue weighted by Crippen LogP contribution is 2.23. The van der Waals surface area contributed by atoms with E-state index < -0.39 is 5.97 Å². The second kappa shape index (κ2) is 6.86. The molecule has 24 heavy (non-hydrogen) atoms. The number of amides is 1. The molecule has 1 aliphatic heterocycles. The van der Waals surface area contributed by atoms with E-state index in [2.05, 4.69) is 0 Å². The summed E-state index contributed by atoms with van der Waals surface area (Å²) in [6.07, 6.45) is 2.41. The fourth-order valence-corrected chi connectivity index (χ4v) is 3.18. The van der Waals surface area contributed by atoms with Crippen molar-refractivity contribution < 1.29 is 19.1 Å². The smallest absolute Gasteiger partial charge is 0.303 e. The number of piperidine rings is 1. The fraction of sp³-hybridized carbons (Fsp3) is 0.389. The van der Waals surface area contributed by atoms with Crippen molar-refractivity contribution in [1.29, 1.82) is 0 Å². The molecule has 1 saturated heterocycles. The average Bonchev–Trinajstić information content (AvgIpc) is 2.59. The minimum absolute atomic E-state index is 0.0394. The number of carbonyl (C=O) groups is 2. The Bertz CT molecular complexity index is 826. The highest BCUT2D eigenvalue weighted by Gasteiger charge is 2.26. The van der Waals surface area contributed by atoms with Gasteiger partial charge in [-0.2, -0.15) is 0 Å². The van der Waals surface area contributed by atoms with Crippen LogP contribution in [0.1, 0.15) is 36.2 Å². The Morgan fingerprint density at radius 2 is 2.08 bits per heavy atom. The van der Waals surface area contributed by atoms with Gasteiger partial charge in [-0.25, -0.2) is 0 Å². The summed E-state index contributed by atoms with van der Waals surface area (Å²) in [6, 6.07) is 8.07. The lowest BCUT2D eigenvalue weighted by atomic mass is 9.93. The van der Waals surface area contributed by atoms with E-state index in [4.69, 9.17) is 9.52 Å². The number of benzene rings is 1. The zero-order chi connectivity index (χ0) is 17.1. The van der Waals surface area contributed by atoms with E-state index in [-0.39, 0.29) is 29.4 Å². The molecule has 1 N–H and O–H groups in total. The first-order chi connectivity index (χ1) is 11.5. The number of hydrogen-bond donors (Lipinski definition) is 1. The number of carboxylic acid groups (broad SMARTS) is 1. The molecule has 6 heteroatoms. The molecular weight excluding hydrogens is 310 g/mol. The van der Waals surface area contributed by atoms with E-state index in [0.717, 1.165) is 12.8 Å². The SMILES string of the molecule is O=C(O)CC[C@H]1CCCN(C(=O)c2cc(=O)c3ccccc3o2)C1. The van der Waals surface area contributed by atoms with Gasteiger partial charge in [0.2, 0.25) is 0 Å². The maximum absolute atomic E-state index is 12.7. The minimum Gasteiger partial charge on any atom is -0.481 e. The van der Waals surface area contributed by atoms with Gasteiger partial charge < -0.3 is 14.4 Å². The molecule has 0 unspecified atom stereocenters. The van der Waals surface area contributed by atoms with Crippen LogP contribution < -0.4 is 5.43 Å². The Morgan fingerprint density at radius 3 is 2.88 bits per heavy atom. The molecule has 126 valence electrons. The maximum atomic E-state index is 12.7. The molecule has 1 fully saturated rings. The van der Waals surface area contributed by atoms with E-state index in [1.54, 1.807) is 29.2 Å². The van der Waals surface area contributed by atoms with Crippen molar-refractivity contribution in [3.8, 4) is 0 Å². The summed E-state index contributed by atoms with van der Waals surface area (Å²) in [6.45, 7) is 1.10. The first-order valence-electron chi connectivity index (χ1n) is 8.08. The summed E-state index contributed by atoms with van der Waals surface area (Å²) in [5.41, 5.74) is 0.160. The summed E-state index contributed by atoms with van der Waals surface area (Å²) in [5, 5.41) is 9.25. The third kappa shape index (κ3) is 3.48. The van der Waals surface area contributed by atoms with Gasteiger partial charge in [-0.1, -0.05) is 12.1 Å². The number of aliphatic carboxylic acids is 1. The number of rotatable bonds is 4. The highest BCUT2D eigenvalue weighted by molar-refractivity contribution is 5.93. The number of hydrogen-bond acceptors (Lipinski definition) is 4. The minimum atomic E-state index is -0.820. The average molecular weight is 329 g/mol. The lowest BCUT2D eigenvalue weighted by Gasteiger charge is -2.32. The van der Waals surface area contributed by atoms with Gasteiger partial charge in [0.25, 0.3) is 5.91 Å². The molecule has 0 aliphatic carbocycles. The second-order valence-electron chi connectivity index (χ2n) is 6.16. The topological polar surface area (TPSA) is 87.8 Å². The molecule has 2 aromatic rings. The van der Waals surface area contributed by atoms with Crippen LogP contribution in [0.5, 0.6) is 0 Å². The molecule has 0 spiro atoms. The van der Waals surface area contributed by atoms with E-state index >= 15 is 0 Å². The Balaban J connectivity index is 1.78. The zero-order valence-electron chi connectivity index (χ0n) is 13.2. The van der Waals surface area contributed by atoms with Gasteiger partial charge in [0, 0.05) is 25.6 Å². The highest BCUT2D eigenvalue weighted by atomic mass is 16.4. The van der Waals surface area contributed by atoms with Crippen molar-refractivity contribution in [2.75, 3.05) is 13.1 Å². The summed E-state index contributed by atoms with van der Waals surface area (Å²) in [4.78, 5) is 37.2. The first kappa shape index (κ1) is 16.2. The molecule has 6 nitrogen and oxygen atoms in total. The van der Waals surface area contributed by atoms with Crippen LogP contribution in [-0.4, -0.2) is 35.0 Å². The quantitative estimate of drug-likeness (QED) is 0.931. The number of carbonyl (C=O) groups excluding carboxylic acids is 1. The zero-order valence-corrected chi connectivity index (χ0v) is 13.2. The molecule has 1 aromatic carbocycles. The standard InChI is InChI=1S/C18H19NO5/c20-14-10-16(24-15-6-2-1-5-13(14)15)18(23)19-9-3-4-12(11-19)7-8-17(21)22/h1-2,5-6,10,12H,3-4,7-9,11H2,(H,21,22)/t12-/m1/s1. The molecule has 0 bridgehead atoms. The molecule has 0 radical (unpaired) electrons. The van der Waals surface area contributed by atoms with E-state index in [9.17, 15) is 14.4 Å². The molecular formula is C18H19NO5. The number of para-hydroxylation sites is 1. The number of carboxylic acids is 1. The van der Waals surface area contributed by atoms with Gasteiger partial charge in [0.15, 0.2) is 11.2 Å². The van der Waals surface area contributed by atoms with Gasteiger partial charge in [-0.3, -0.25) is 14.4 Å². The molecule has 3 rings (SSSR count). The van der Waals surface area contributed by atoms with Gasteiger partial charge in [0.1, 0.15) is 5.58 Å². The van der Waals surface area contributed by atoms with Crippen molar-refractivity contribution in [3.05, 3.63) is 46.3 Å². The number of fused-ring (bicyclic) bond motifs is 1. The van der Waals surface area contributed by atoms with Crippen LogP contribution in [0.15, 0.2) is 39.5 Å². The summed E-state index contributed by atoms with van der Waals surface area (Å²) in [5.74, 6) is -0.916. The molecule has 1 aliphatic rings. The van der Waals surface area contributed by atoms with E-state index in [1.807, 2.05) is 0 Å². The van der Waals surface area contributed by atoms with Crippen LogP contribution in [0.4, 0.5) is 0 Å². The van der Waals surface area contributed by atoms with Crippen molar-refractivity contribution in [1.82, 2.24) is 4.90 Å². The molecule has 2 heterocycles. The lowest BCUT2D eigenvalue weighted by molar-refractivity contribution is -0.137. The summed E-state index contributed by atoms with van der Waals surface area (Å²) >= 11 is 0. The molecule has 1 aromatic heterocycles. The predicted molar refractivity (Wildman–Crippen MR) is 88.0 cm³/mol. The Labute approximate surface area is 138 Å². The normalized spacial score (nSPS) is 17.8. The maximum Gasteiger partial charge on any atom is 0.303 e. The van der Waals surface area contributed by atoms with Crippen molar-refractivity contribution in [3.63, 3.8) is 0 Å². The second-order valence-corrected chi connectivity index (χ2v) is 6.16. The Morgan fingerprint density at radius 1 is 1.29 bits per heavy atom. The van der Waals surface area contributed by atoms with Crippen LogP contribution in [0, 0.1) is 5.92 Å². The van der Waals surface area contributed by atoms with E-state index in [0.29, 0.717) is 30.5 Å². The monoisotopic (exact) mass is 329 g/mol. The third-order valence-corrected chi connectivity index (χ3v) is 4.42. The fourth-order valence-electron chi connectivity index (χ4n) is 3.18. The van der Waals surface area contributed by atoms with Crippen molar-refractivity contribution in [2.45, 2.75) is 25.7 Å². The van der Waals surface area contributed by atoms with Crippen LogP contribution in [0.3, 0.4) is 0 Å². The third-order valence-electron chi connectivity index (χ3n) is 4.42. The number of nitrogens with zero attached hydrogens (tertiary/aromatic N) is 1. The van der Waals surface area contributed by atoms with E-state index in [1.165, 1.54) is 6.07 Å². The predicted octanol–water partition coefficient (Wildman–Crippen LogP) is 2.51. The summed E-state index contributed by atoms with van der Waals surface area (Å²) in [7, 11) is 0. The summed E-state index contributed by atoms with van der Waals surface area (Å²) < 4.78 is 5.61. The van der Waals surface area contributed by atoms with Gasteiger partial charge in [-0.05, 0) is 37.3 Å². The van der Waals surface area contributed by atoms with Crippen molar-refractivity contribution >= 4 is 22.8 Å². The largest absolute Gasteiger partial charge is 0.481 e. The molecule has 1 amide bonds. The Kier molecular flexibility index (Phi) is 4.64. The van der Waals surface area contributed by atoms with Crippen LogP contribution in [0.2, 0.25) is 0 Å². The lowest BCUT2D eigenvalue weighted by Crippen LogP contribution is -2.40. The molecule has 1 atom stereocenters. The first-order valence-corrected chi connectivity index (χ1v) is 8.08. The number of likely N-dealkylation sites (tertiary alicyclic amines) is 1. The van der Waals surface area contributed by atoms with Crippen molar-refractivity contribution in [2.24, 2.45) is 5.92 Å².